The first kappa shape index (κ1) is 13.6. The molecule has 4 heteroatoms. The summed E-state index contributed by atoms with van der Waals surface area (Å²) in [5.41, 5.74) is 4.30. The molecule has 2 amide bonds. The van der Waals surface area contributed by atoms with Crippen LogP contribution in [0, 0.1) is 13.8 Å². The molecule has 0 aliphatic carbocycles. The Morgan fingerprint density at radius 3 is 2.53 bits per heavy atom. The van der Waals surface area contributed by atoms with E-state index in [-0.39, 0.29) is 6.03 Å². The van der Waals surface area contributed by atoms with Gasteiger partial charge in [0.15, 0.2) is 0 Å². The molecular formula is C15H18N2OS. The Balaban J connectivity index is 2.00. The highest BCUT2D eigenvalue weighted by molar-refractivity contribution is 7.07. The maximum Gasteiger partial charge on any atom is 0.321 e. The predicted molar refractivity (Wildman–Crippen MR) is 80.7 cm³/mol. The fourth-order valence-corrected chi connectivity index (χ4v) is 2.65. The number of nitrogens with zero attached hydrogens (tertiary/aromatic N) is 1. The molecule has 2 rings (SSSR count). The van der Waals surface area contributed by atoms with Crippen molar-refractivity contribution < 1.29 is 4.79 Å². The highest BCUT2D eigenvalue weighted by atomic mass is 32.1. The van der Waals surface area contributed by atoms with Crippen LogP contribution in [-0.4, -0.2) is 18.0 Å². The molecule has 19 heavy (non-hydrogen) atoms. The van der Waals surface area contributed by atoms with Crippen LogP contribution in [0.4, 0.5) is 10.5 Å². The van der Waals surface area contributed by atoms with Crippen LogP contribution in [0.5, 0.6) is 0 Å². The summed E-state index contributed by atoms with van der Waals surface area (Å²) in [6.45, 7) is 4.68. The summed E-state index contributed by atoms with van der Waals surface area (Å²) < 4.78 is 0. The summed E-state index contributed by atoms with van der Waals surface area (Å²) in [4.78, 5) is 13.8. The largest absolute Gasteiger partial charge is 0.323 e. The van der Waals surface area contributed by atoms with Crippen molar-refractivity contribution in [2.45, 2.75) is 20.4 Å². The second-order valence-electron chi connectivity index (χ2n) is 4.79. The normalized spacial score (nSPS) is 10.3. The fraction of sp³-hybridized carbons (Fsp3) is 0.267. The second-order valence-corrected chi connectivity index (χ2v) is 5.57. The van der Waals surface area contributed by atoms with Gasteiger partial charge in [0.25, 0.3) is 0 Å². The number of anilines is 1. The van der Waals surface area contributed by atoms with Crippen LogP contribution in [0.25, 0.3) is 0 Å². The Kier molecular flexibility index (Phi) is 4.22. The van der Waals surface area contributed by atoms with Crippen molar-refractivity contribution in [1.29, 1.82) is 0 Å². The molecule has 3 nitrogen and oxygen atoms in total. The Morgan fingerprint density at radius 1 is 1.26 bits per heavy atom. The van der Waals surface area contributed by atoms with Gasteiger partial charge in [-0.25, -0.2) is 4.79 Å². The molecule has 0 aliphatic heterocycles. The summed E-state index contributed by atoms with van der Waals surface area (Å²) in [6, 6.07) is 7.99. The van der Waals surface area contributed by atoms with Crippen LogP contribution >= 0.6 is 11.3 Å². The molecule has 0 unspecified atom stereocenters. The van der Waals surface area contributed by atoms with Gasteiger partial charge in [0, 0.05) is 19.3 Å². The number of urea groups is 1. The molecule has 0 saturated carbocycles. The Bertz CT molecular complexity index is 543. The number of benzene rings is 1. The van der Waals surface area contributed by atoms with Gasteiger partial charge in [0.2, 0.25) is 0 Å². The van der Waals surface area contributed by atoms with Gasteiger partial charge in [-0.3, -0.25) is 0 Å². The standard InChI is InChI=1S/C15H18N2OS/c1-11-6-12(2)8-14(7-11)16-15(18)17(3)9-13-4-5-19-10-13/h4-8,10H,9H2,1-3H3,(H,16,18). The van der Waals surface area contributed by atoms with Crippen LogP contribution in [-0.2, 0) is 6.54 Å². The SMILES string of the molecule is Cc1cc(C)cc(NC(=O)N(C)Cc2ccsc2)c1. The molecule has 0 radical (unpaired) electrons. The highest BCUT2D eigenvalue weighted by Gasteiger charge is 2.09. The topological polar surface area (TPSA) is 32.3 Å². The third kappa shape index (κ3) is 3.83. The van der Waals surface area contributed by atoms with Gasteiger partial charge in [-0.1, -0.05) is 6.07 Å². The van der Waals surface area contributed by atoms with Crippen LogP contribution in [0.3, 0.4) is 0 Å². The quantitative estimate of drug-likeness (QED) is 0.900. The number of hydrogen-bond donors (Lipinski definition) is 1. The molecule has 1 aromatic carbocycles. The van der Waals surface area contributed by atoms with Crippen LogP contribution in [0.1, 0.15) is 16.7 Å². The fourth-order valence-electron chi connectivity index (χ4n) is 1.99. The zero-order chi connectivity index (χ0) is 13.8. The summed E-state index contributed by atoms with van der Waals surface area (Å²) in [5.74, 6) is 0. The molecule has 0 bridgehead atoms. The van der Waals surface area contributed by atoms with Gasteiger partial charge in [-0.15, -0.1) is 0 Å². The molecule has 1 N–H and O–H groups in total. The molecule has 0 atom stereocenters. The number of nitrogens with one attached hydrogen (secondary N) is 1. The van der Waals surface area contributed by atoms with Gasteiger partial charge in [0.1, 0.15) is 0 Å². The number of rotatable bonds is 3. The van der Waals surface area contributed by atoms with E-state index in [0.717, 1.165) is 22.4 Å². The molecular weight excluding hydrogens is 256 g/mol. The second kappa shape index (κ2) is 5.89. The lowest BCUT2D eigenvalue weighted by atomic mass is 10.1. The number of hydrogen-bond acceptors (Lipinski definition) is 2. The van der Waals surface area contributed by atoms with E-state index in [1.54, 1.807) is 23.3 Å². The Hall–Kier alpha value is -1.81. The zero-order valence-corrected chi connectivity index (χ0v) is 12.3. The van der Waals surface area contributed by atoms with E-state index >= 15 is 0 Å². The Morgan fingerprint density at radius 2 is 1.95 bits per heavy atom. The van der Waals surface area contributed by atoms with Crippen LogP contribution in [0.2, 0.25) is 0 Å². The van der Waals surface area contributed by atoms with Crippen molar-refractivity contribution in [3.05, 3.63) is 51.7 Å². The van der Waals surface area contributed by atoms with E-state index in [1.807, 2.05) is 37.4 Å². The number of carbonyl (C=O) groups excluding carboxylic acids is 1. The van der Waals surface area contributed by atoms with E-state index in [1.165, 1.54) is 0 Å². The van der Waals surface area contributed by atoms with Gasteiger partial charge in [0.05, 0.1) is 0 Å². The van der Waals surface area contributed by atoms with E-state index in [2.05, 4.69) is 16.8 Å². The van der Waals surface area contributed by atoms with Crippen molar-refractivity contribution >= 4 is 23.1 Å². The van der Waals surface area contributed by atoms with E-state index in [0.29, 0.717) is 6.54 Å². The smallest absolute Gasteiger partial charge is 0.321 e. The molecule has 2 aromatic rings. The first-order chi connectivity index (χ1) is 9.04. The summed E-state index contributed by atoms with van der Waals surface area (Å²) in [7, 11) is 1.80. The van der Waals surface area contributed by atoms with E-state index in [9.17, 15) is 4.79 Å². The molecule has 0 spiro atoms. The summed E-state index contributed by atoms with van der Waals surface area (Å²) in [6.07, 6.45) is 0. The molecule has 1 aromatic heterocycles. The first-order valence-corrected chi connectivity index (χ1v) is 7.10. The predicted octanol–water partition coefficient (Wildman–Crippen LogP) is 4.03. The third-order valence-electron chi connectivity index (χ3n) is 2.82. The van der Waals surface area contributed by atoms with Crippen molar-refractivity contribution in [2.75, 3.05) is 12.4 Å². The summed E-state index contributed by atoms with van der Waals surface area (Å²) >= 11 is 1.64. The van der Waals surface area contributed by atoms with Crippen molar-refractivity contribution in [2.24, 2.45) is 0 Å². The Labute approximate surface area is 117 Å². The van der Waals surface area contributed by atoms with Crippen LogP contribution in [0.15, 0.2) is 35.0 Å². The zero-order valence-electron chi connectivity index (χ0n) is 11.4. The maximum atomic E-state index is 12.1. The molecule has 0 aliphatic rings. The van der Waals surface area contributed by atoms with E-state index in [4.69, 9.17) is 0 Å². The lowest BCUT2D eigenvalue weighted by Gasteiger charge is -2.17. The number of carbonyl (C=O) groups is 1. The lowest BCUT2D eigenvalue weighted by molar-refractivity contribution is 0.221. The molecule has 0 fully saturated rings. The van der Waals surface area contributed by atoms with Gasteiger partial charge in [-0.05, 0) is 59.5 Å². The monoisotopic (exact) mass is 274 g/mol. The first-order valence-electron chi connectivity index (χ1n) is 6.16. The van der Waals surface area contributed by atoms with E-state index < -0.39 is 0 Å². The molecule has 100 valence electrons. The minimum atomic E-state index is -0.0869. The lowest BCUT2D eigenvalue weighted by Crippen LogP contribution is -2.30. The molecule has 0 saturated heterocycles. The minimum Gasteiger partial charge on any atom is -0.323 e. The van der Waals surface area contributed by atoms with Gasteiger partial charge < -0.3 is 10.2 Å². The third-order valence-corrected chi connectivity index (χ3v) is 3.55. The minimum absolute atomic E-state index is 0.0869. The maximum absolute atomic E-state index is 12.1. The van der Waals surface area contributed by atoms with Crippen molar-refractivity contribution in [3.63, 3.8) is 0 Å². The highest BCUT2D eigenvalue weighted by Crippen LogP contribution is 2.15. The average molecular weight is 274 g/mol. The average Bonchev–Trinajstić information content (AvgIpc) is 2.80. The van der Waals surface area contributed by atoms with Crippen molar-refractivity contribution in [1.82, 2.24) is 4.90 Å². The van der Waals surface area contributed by atoms with Gasteiger partial charge in [-0.2, -0.15) is 11.3 Å². The van der Waals surface area contributed by atoms with Gasteiger partial charge >= 0.3 is 6.03 Å². The number of amides is 2. The molecule has 1 heterocycles. The number of aryl methyl sites for hydroxylation is 2. The summed E-state index contributed by atoms with van der Waals surface area (Å²) in [5, 5.41) is 7.00. The number of thiophene rings is 1. The van der Waals surface area contributed by atoms with Crippen molar-refractivity contribution in [3.8, 4) is 0 Å². The van der Waals surface area contributed by atoms with Crippen LogP contribution < -0.4 is 5.32 Å².